The molecule has 0 aliphatic carbocycles. The van der Waals surface area contributed by atoms with Crippen molar-refractivity contribution in [3.05, 3.63) is 59.3 Å². The van der Waals surface area contributed by atoms with Gasteiger partial charge in [0.1, 0.15) is 17.3 Å². The van der Waals surface area contributed by atoms with E-state index >= 15 is 0 Å². The maximum absolute atomic E-state index is 13.2. The number of aromatic nitrogens is 3. The fourth-order valence-corrected chi connectivity index (χ4v) is 4.57. The van der Waals surface area contributed by atoms with E-state index in [1.807, 2.05) is 42.3 Å². The molecule has 0 radical (unpaired) electrons. The molecule has 4 heterocycles. The molecule has 0 unspecified atom stereocenters. The molecule has 0 bridgehead atoms. The summed E-state index contributed by atoms with van der Waals surface area (Å²) in [5.41, 5.74) is 2.86. The van der Waals surface area contributed by atoms with E-state index < -0.39 is 0 Å². The van der Waals surface area contributed by atoms with Crippen LogP contribution in [0.3, 0.4) is 0 Å². The molecule has 1 N–H and O–H groups in total. The van der Waals surface area contributed by atoms with Gasteiger partial charge in [0.2, 0.25) is 0 Å². The van der Waals surface area contributed by atoms with Crippen molar-refractivity contribution in [3.63, 3.8) is 0 Å². The second kappa shape index (κ2) is 7.65. The number of benzene rings is 1. The summed E-state index contributed by atoms with van der Waals surface area (Å²) in [5.74, 6) is 1.91. The number of nitrogens with zero attached hydrogens (tertiary/aromatic N) is 5. The molecule has 1 atom stereocenters. The first-order valence-corrected chi connectivity index (χ1v) is 10.5. The highest BCUT2D eigenvalue weighted by Crippen LogP contribution is 2.30. The van der Waals surface area contributed by atoms with Crippen LogP contribution in [0.25, 0.3) is 10.8 Å². The van der Waals surface area contributed by atoms with Gasteiger partial charge in [0.25, 0.3) is 5.91 Å². The van der Waals surface area contributed by atoms with Crippen LogP contribution in [-0.4, -0.2) is 64.4 Å². The molecular formula is C23H26N6O. The van der Waals surface area contributed by atoms with Crippen LogP contribution in [-0.2, 0) is 13.0 Å². The number of likely N-dealkylation sites (tertiary alicyclic amines) is 1. The Labute approximate surface area is 176 Å². The van der Waals surface area contributed by atoms with Gasteiger partial charge in [-0.3, -0.25) is 9.78 Å². The van der Waals surface area contributed by atoms with Gasteiger partial charge in [-0.2, -0.15) is 0 Å². The lowest BCUT2D eigenvalue weighted by molar-refractivity contribution is 0.0787. The third-order valence-electron chi connectivity index (χ3n) is 6.23. The highest BCUT2D eigenvalue weighted by Gasteiger charge is 2.32. The first-order valence-electron chi connectivity index (χ1n) is 10.5. The van der Waals surface area contributed by atoms with E-state index in [0.717, 1.165) is 54.0 Å². The Morgan fingerprint density at radius 2 is 2.03 bits per heavy atom. The molecular weight excluding hydrogens is 376 g/mol. The number of likely N-dealkylation sites (N-methyl/N-ethyl adjacent to an activating group) is 1. The summed E-state index contributed by atoms with van der Waals surface area (Å²) >= 11 is 0. The lowest BCUT2D eigenvalue weighted by Crippen LogP contribution is -2.30. The summed E-state index contributed by atoms with van der Waals surface area (Å²) in [7, 11) is 4.04. The number of anilines is 1. The Kier molecular flexibility index (Phi) is 4.83. The van der Waals surface area contributed by atoms with Crippen LogP contribution in [0.2, 0.25) is 0 Å². The first-order chi connectivity index (χ1) is 14.6. The molecule has 0 spiro atoms. The molecule has 30 heavy (non-hydrogen) atoms. The average Bonchev–Trinajstić information content (AvgIpc) is 3.27. The zero-order valence-corrected chi connectivity index (χ0v) is 17.4. The quantitative estimate of drug-likeness (QED) is 0.726. The lowest BCUT2D eigenvalue weighted by atomic mass is 10.0. The summed E-state index contributed by atoms with van der Waals surface area (Å²) in [6, 6.07) is 9.84. The van der Waals surface area contributed by atoms with Crippen LogP contribution < -0.4 is 5.32 Å². The van der Waals surface area contributed by atoms with Gasteiger partial charge in [0.15, 0.2) is 0 Å². The molecule has 3 aromatic rings. The van der Waals surface area contributed by atoms with Gasteiger partial charge >= 0.3 is 0 Å². The van der Waals surface area contributed by atoms with Crippen molar-refractivity contribution >= 4 is 22.5 Å². The van der Waals surface area contributed by atoms with Crippen molar-refractivity contribution in [1.29, 1.82) is 0 Å². The second-order valence-electron chi connectivity index (χ2n) is 8.21. The summed E-state index contributed by atoms with van der Waals surface area (Å²) < 4.78 is 0. The molecule has 0 saturated carbocycles. The Hall–Kier alpha value is -3.06. The molecule has 1 saturated heterocycles. The maximum Gasteiger partial charge on any atom is 0.273 e. The van der Waals surface area contributed by atoms with E-state index in [2.05, 4.69) is 22.2 Å². The van der Waals surface area contributed by atoms with Crippen LogP contribution in [0, 0.1) is 0 Å². The van der Waals surface area contributed by atoms with E-state index in [1.165, 1.54) is 5.56 Å². The minimum atomic E-state index is -0.0131. The SMILES string of the molecule is CNc1nc([C@@H]2CCN(C(=O)c3nccc4ccccc34)C2)nc2c1CCN(C)C2. The molecule has 2 aliphatic rings. The minimum Gasteiger partial charge on any atom is -0.373 e. The summed E-state index contributed by atoms with van der Waals surface area (Å²) in [6.07, 6.45) is 3.55. The van der Waals surface area contributed by atoms with Crippen molar-refractivity contribution in [2.75, 3.05) is 39.0 Å². The topological polar surface area (TPSA) is 74.2 Å². The van der Waals surface area contributed by atoms with Crippen LogP contribution in [0.5, 0.6) is 0 Å². The van der Waals surface area contributed by atoms with Gasteiger partial charge in [-0.1, -0.05) is 24.3 Å². The van der Waals surface area contributed by atoms with Crippen molar-refractivity contribution in [2.24, 2.45) is 0 Å². The number of rotatable bonds is 3. The Bertz CT molecular complexity index is 1110. The van der Waals surface area contributed by atoms with Crippen molar-refractivity contribution in [2.45, 2.75) is 25.3 Å². The van der Waals surface area contributed by atoms with Crippen LogP contribution >= 0.6 is 0 Å². The molecule has 154 valence electrons. The largest absolute Gasteiger partial charge is 0.373 e. The number of amides is 1. The number of carbonyl (C=O) groups excluding carboxylic acids is 1. The fourth-order valence-electron chi connectivity index (χ4n) is 4.57. The van der Waals surface area contributed by atoms with Gasteiger partial charge in [0, 0.05) is 56.3 Å². The standard InChI is InChI=1S/C23H26N6O/c1-24-22-18-9-11-28(2)14-19(18)26-21(27-22)16-8-12-29(13-16)23(30)20-17-6-4-3-5-15(17)7-10-25-20/h3-7,10,16H,8-9,11-14H2,1-2H3,(H,24,26,27)/t16-/m1/s1. The Morgan fingerprint density at radius 1 is 1.17 bits per heavy atom. The summed E-state index contributed by atoms with van der Waals surface area (Å²) in [4.78, 5) is 31.6. The highest BCUT2D eigenvalue weighted by atomic mass is 16.2. The third-order valence-corrected chi connectivity index (χ3v) is 6.23. The van der Waals surface area contributed by atoms with Gasteiger partial charge in [0.05, 0.1) is 5.69 Å². The number of fused-ring (bicyclic) bond motifs is 2. The number of hydrogen-bond donors (Lipinski definition) is 1. The van der Waals surface area contributed by atoms with Crippen molar-refractivity contribution in [1.82, 2.24) is 24.8 Å². The third kappa shape index (κ3) is 3.29. The molecule has 1 amide bonds. The van der Waals surface area contributed by atoms with Crippen LogP contribution in [0.4, 0.5) is 5.82 Å². The number of hydrogen-bond acceptors (Lipinski definition) is 6. The van der Waals surface area contributed by atoms with Gasteiger partial charge < -0.3 is 15.1 Å². The number of nitrogens with one attached hydrogen (secondary N) is 1. The number of carbonyl (C=O) groups is 1. The lowest BCUT2D eigenvalue weighted by Gasteiger charge is -2.26. The molecule has 2 aliphatic heterocycles. The monoisotopic (exact) mass is 402 g/mol. The van der Waals surface area contributed by atoms with E-state index in [9.17, 15) is 4.79 Å². The summed E-state index contributed by atoms with van der Waals surface area (Å²) in [6.45, 7) is 3.19. The maximum atomic E-state index is 13.2. The molecule has 7 heteroatoms. The highest BCUT2D eigenvalue weighted by molar-refractivity contribution is 6.05. The molecule has 2 aromatic heterocycles. The Morgan fingerprint density at radius 3 is 2.90 bits per heavy atom. The second-order valence-corrected chi connectivity index (χ2v) is 8.21. The van der Waals surface area contributed by atoms with E-state index in [1.54, 1.807) is 6.20 Å². The van der Waals surface area contributed by atoms with E-state index in [0.29, 0.717) is 18.8 Å². The molecule has 7 nitrogen and oxygen atoms in total. The predicted octanol–water partition coefficient (Wildman–Crippen LogP) is 2.68. The molecule has 1 fully saturated rings. The van der Waals surface area contributed by atoms with Crippen LogP contribution in [0.15, 0.2) is 36.5 Å². The van der Waals surface area contributed by atoms with E-state index in [-0.39, 0.29) is 11.8 Å². The average molecular weight is 403 g/mol. The molecule has 1 aromatic carbocycles. The van der Waals surface area contributed by atoms with Gasteiger partial charge in [-0.25, -0.2) is 9.97 Å². The van der Waals surface area contributed by atoms with Gasteiger partial charge in [-0.05, 0) is 31.3 Å². The van der Waals surface area contributed by atoms with Gasteiger partial charge in [-0.15, -0.1) is 0 Å². The first kappa shape index (κ1) is 18.9. The normalized spacial score (nSPS) is 19.1. The van der Waals surface area contributed by atoms with Crippen molar-refractivity contribution < 1.29 is 4.79 Å². The predicted molar refractivity (Wildman–Crippen MR) is 117 cm³/mol. The zero-order chi connectivity index (χ0) is 20.7. The fraction of sp³-hybridized carbons (Fsp3) is 0.391. The smallest absolute Gasteiger partial charge is 0.273 e. The number of pyridine rings is 1. The zero-order valence-electron chi connectivity index (χ0n) is 17.4. The van der Waals surface area contributed by atoms with E-state index in [4.69, 9.17) is 9.97 Å². The summed E-state index contributed by atoms with van der Waals surface area (Å²) in [5, 5.41) is 5.19. The Balaban J connectivity index is 1.41. The minimum absolute atomic E-state index is 0.0131. The van der Waals surface area contributed by atoms with Crippen LogP contribution in [0.1, 0.15) is 39.9 Å². The van der Waals surface area contributed by atoms with Crippen molar-refractivity contribution in [3.8, 4) is 0 Å². The molecule has 5 rings (SSSR count).